The molecule has 1 heterocycles. The molecule has 0 radical (unpaired) electrons. The third-order valence-corrected chi connectivity index (χ3v) is 5.66. The van der Waals surface area contributed by atoms with E-state index in [1.54, 1.807) is 70.2 Å². The summed E-state index contributed by atoms with van der Waals surface area (Å²) in [4.78, 5) is 44.1. The Hall–Kier alpha value is -3.59. The lowest BCUT2D eigenvalue weighted by atomic mass is 10.0. The van der Waals surface area contributed by atoms with E-state index in [9.17, 15) is 19.5 Å². The van der Waals surface area contributed by atoms with Crippen molar-refractivity contribution in [1.29, 1.82) is 0 Å². The van der Waals surface area contributed by atoms with E-state index in [-0.39, 0.29) is 28.3 Å². The molecule has 0 aliphatic rings. The fourth-order valence-corrected chi connectivity index (χ4v) is 4.29. The van der Waals surface area contributed by atoms with Crippen LogP contribution in [0.5, 0.6) is 0 Å². The maximum absolute atomic E-state index is 13.8. The number of fused-ring (bicyclic) bond motifs is 1. The number of hydrogen-bond acceptors (Lipinski definition) is 4. The second-order valence-corrected chi connectivity index (χ2v) is 9.95. The highest BCUT2D eigenvalue weighted by Gasteiger charge is 2.34. The van der Waals surface area contributed by atoms with Gasteiger partial charge in [0.05, 0.1) is 27.7 Å². The molecule has 3 rings (SSSR count). The highest BCUT2D eigenvalue weighted by Crippen LogP contribution is 2.30. The second-order valence-electron chi connectivity index (χ2n) is 9.55. The average Bonchev–Trinajstić information content (AvgIpc) is 2.71. The Balaban J connectivity index is 2.27. The first-order chi connectivity index (χ1) is 16.3. The van der Waals surface area contributed by atoms with Gasteiger partial charge in [-0.15, -0.1) is 0 Å². The number of carbonyl (C=O) groups excluding carboxylic acids is 1. The highest BCUT2D eigenvalue weighted by atomic mass is 35.5. The molecule has 35 heavy (non-hydrogen) atoms. The minimum absolute atomic E-state index is 0.0560. The van der Waals surface area contributed by atoms with Crippen molar-refractivity contribution in [1.82, 2.24) is 19.8 Å². The molecule has 1 aromatic heterocycles. The van der Waals surface area contributed by atoms with E-state index >= 15 is 0 Å². The van der Waals surface area contributed by atoms with E-state index in [0.717, 1.165) is 0 Å². The van der Waals surface area contributed by atoms with Crippen molar-refractivity contribution in [3.05, 3.63) is 63.7 Å². The monoisotopic (exact) mass is 499 g/mol. The zero-order valence-corrected chi connectivity index (χ0v) is 21.3. The van der Waals surface area contributed by atoms with Crippen LogP contribution in [0.25, 0.3) is 16.6 Å². The smallest absolute Gasteiger partial charge is 0.408 e. The Kier molecular flexibility index (Phi) is 7.40. The number of nitrogens with one attached hydrogen (secondary N) is 2. The topological polar surface area (TPSA) is 117 Å². The summed E-state index contributed by atoms with van der Waals surface area (Å²) in [6.07, 6.45) is -1.14. The zero-order chi connectivity index (χ0) is 26.1. The standard InChI is InChI=1S/C25H30ClN5O4/c1-14(2)27-23(33)28-16-9-7-10-17(13-16)30-21(15(3)31(24(34)35)25(4,5)6)29-19-12-8-11-18(26)20(19)22(30)32/h7-15H,1-6H3,(H,34,35)(H2,27,28,33)/t15-/m0/s1. The van der Waals surface area contributed by atoms with Crippen molar-refractivity contribution >= 4 is 40.3 Å². The lowest BCUT2D eigenvalue weighted by Crippen LogP contribution is -2.47. The Morgan fingerprint density at radius 2 is 1.77 bits per heavy atom. The van der Waals surface area contributed by atoms with Crippen LogP contribution in [0, 0.1) is 0 Å². The lowest BCUT2D eigenvalue weighted by molar-refractivity contribution is 0.0719. The summed E-state index contributed by atoms with van der Waals surface area (Å²) in [5.41, 5.74) is 0.0233. The van der Waals surface area contributed by atoms with Crippen molar-refractivity contribution in [2.75, 3.05) is 5.32 Å². The largest absolute Gasteiger partial charge is 0.465 e. The third-order valence-electron chi connectivity index (χ3n) is 5.34. The molecule has 186 valence electrons. The molecule has 3 N–H and O–H groups in total. The van der Waals surface area contributed by atoms with Crippen LogP contribution in [0.1, 0.15) is 53.4 Å². The molecule has 3 aromatic rings. The van der Waals surface area contributed by atoms with Gasteiger partial charge in [0.25, 0.3) is 5.56 Å². The minimum Gasteiger partial charge on any atom is -0.465 e. The van der Waals surface area contributed by atoms with E-state index in [0.29, 0.717) is 16.9 Å². The summed E-state index contributed by atoms with van der Waals surface area (Å²) in [7, 11) is 0. The maximum Gasteiger partial charge on any atom is 0.408 e. The van der Waals surface area contributed by atoms with E-state index in [4.69, 9.17) is 16.6 Å². The van der Waals surface area contributed by atoms with E-state index in [1.807, 2.05) is 13.8 Å². The molecule has 0 unspecified atom stereocenters. The predicted molar refractivity (Wildman–Crippen MR) is 138 cm³/mol. The molecule has 0 aliphatic heterocycles. The summed E-state index contributed by atoms with van der Waals surface area (Å²) < 4.78 is 1.35. The number of nitrogens with zero attached hydrogens (tertiary/aromatic N) is 3. The molecular weight excluding hydrogens is 470 g/mol. The number of carboxylic acid groups (broad SMARTS) is 1. The molecule has 0 fully saturated rings. The van der Waals surface area contributed by atoms with E-state index in [2.05, 4.69) is 10.6 Å². The number of aromatic nitrogens is 2. The average molecular weight is 500 g/mol. The fourth-order valence-electron chi connectivity index (χ4n) is 4.04. The highest BCUT2D eigenvalue weighted by molar-refractivity contribution is 6.35. The number of halogens is 1. The Morgan fingerprint density at radius 3 is 2.37 bits per heavy atom. The Morgan fingerprint density at radius 1 is 1.11 bits per heavy atom. The molecule has 0 aliphatic carbocycles. The molecule has 10 heteroatoms. The maximum atomic E-state index is 13.8. The number of carbonyl (C=O) groups is 2. The summed E-state index contributed by atoms with van der Waals surface area (Å²) in [5.74, 6) is 0.228. The molecule has 2 aromatic carbocycles. The van der Waals surface area contributed by atoms with Crippen LogP contribution >= 0.6 is 11.6 Å². The van der Waals surface area contributed by atoms with Gasteiger partial charge in [0.15, 0.2) is 0 Å². The lowest BCUT2D eigenvalue weighted by Gasteiger charge is -2.38. The summed E-state index contributed by atoms with van der Waals surface area (Å²) >= 11 is 6.36. The quantitative estimate of drug-likeness (QED) is 0.434. The molecule has 0 spiro atoms. The Labute approximate surface area is 208 Å². The third kappa shape index (κ3) is 5.57. The van der Waals surface area contributed by atoms with Gasteiger partial charge in [-0.1, -0.05) is 23.7 Å². The molecular formula is C25H30ClN5O4. The van der Waals surface area contributed by atoms with Gasteiger partial charge in [-0.25, -0.2) is 14.6 Å². The predicted octanol–water partition coefficient (Wildman–Crippen LogP) is 5.41. The minimum atomic E-state index is -1.14. The number of amides is 3. The van der Waals surface area contributed by atoms with Crippen molar-refractivity contribution in [3.8, 4) is 5.69 Å². The molecule has 3 amide bonds. The van der Waals surface area contributed by atoms with Gasteiger partial charge in [0.1, 0.15) is 5.82 Å². The van der Waals surface area contributed by atoms with Crippen molar-refractivity contribution < 1.29 is 14.7 Å². The van der Waals surface area contributed by atoms with Crippen molar-refractivity contribution in [2.45, 2.75) is 59.2 Å². The van der Waals surface area contributed by atoms with E-state index < -0.39 is 23.2 Å². The SMILES string of the molecule is CC(C)NC(=O)Nc1cccc(-n2c([C@H](C)N(C(=O)O)C(C)(C)C)nc3cccc(Cl)c3c2=O)c1. The van der Waals surface area contributed by atoms with Gasteiger partial charge >= 0.3 is 12.1 Å². The first kappa shape index (κ1) is 26.0. The molecule has 9 nitrogen and oxygen atoms in total. The summed E-state index contributed by atoms with van der Waals surface area (Å²) in [6, 6.07) is 10.4. The van der Waals surface area contributed by atoms with Gasteiger partial charge in [-0.3, -0.25) is 14.3 Å². The summed E-state index contributed by atoms with van der Waals surface area (Å²) in [6.45, 7) is 10.7. The van der Waals surface area contributed by atoms with Crippen molar-refractivity contribution in [2.24, 2.45) is 0 Å². The number of urea groups is 1. The van der Waals surface area contributed by atoms with E-state index in [1.165, 1.54) is 9.47 Å². The van der Waals surface area contributed by atoms with Crippen LogP contribution in [0.2, 0.25) is 5.02 Å². The number of benzene rings is 2. The van der Waals surface area contributed by atoms with Gasteiger partial charge in [-0.05, 0) is 71.9 Å². The number of rotatable bonds is 5. The molecule has 0 saturated heterocycles. The normalized spacial score (nSPS) is 12.5. The first-order valence-corrected chi connectivity index (χ1v) is 11.6. The number of anilines is 1. The number of hydrogen-bond donors (Lipinski definition) is 3. The molecule has 1 atom stereocenters. The Bertz CT molecular complexity index is 1330. The molecule has 0 bridgehead atoms. The van der Waals surface area contributed by atoms with Gasteiger partial charge in [0.2, 0.25) is 0 Å². The van der Waals surface area contributed by atoms with Crippen LogP contribution < -0.4 is 16.2 Å². The molecule has 0 saturated carbocycles. The van der Waals surface area contributed by atoms with Crippen molar-refractivity contribution in [3.63, 3.8) is 0 Å². The first-order valence-electron chi connectivity index (χ1n) is 11.2. The van der Waals surface area contributed by atoms with Gasteiger partial charge < -0.3 is 15.7 Å². The second kappa shape index (κ2) is 9.95. The van der Waals surface area contributed by atoms with Crippen LogP contribution in [0.4, 0.5) is 15.3 Å². The van der Waals surface area contributed by atoms with Gasteiger partial charge in [0, 0.05) is 17.3 Å². The van der Waals surface area contributed by atoms with Crippen LogP contribution in [0.15, 0.2) is 47.3 Å². The summed E-state index contributed by atoms with van der Waals surface area (Å²) in [5, 5.41) is 15.9. The van der Waals surface area contributed by atoms with Crippen LogP contribution in [0.3, 0.4) is 0 Å². The van der Waals surface area contributed by atoms with Crippen LogP contribution in [-0.2, 0) is 0 Å². The van der Waals surface area contributed by atoms with Crippen LogP contribution in [-0.4, -0.2) is 43.3 Å². The fraction of sp³-hybridized carbons (Fsp3) is 0.360. The van der Waals surface area contributed by atoms with Gasteiger partial charge in [-0.2, -0.15) is 0 Å². The zero-order valence-electron chi connectivity index (χ0n) is 20.6.